The minimum atomic E-state index is -1.20. The predicted octanol–water partition coefficient (Wildman–Crippen LogP) is 2.88. The number of aromatic nitrogens is 2. The summed E-state index contributed by atoms with van der Waals surface area (Å²) in [6, 6.07) is 12.5. The number of H-pyrrole nitrogens is 1. The Bertz CT molecular complexity index is 1060. The Hall–Kier alpha value is -3.27. The van der Waals surface area contributed by atoms with Crippen molar-refractivity contribution in [1.29, 1.82) is 0 Å². The maximum atomic E-state index is 11.8. The molecular weight excluding hydrogens is 424 g/mol. The maximum absolute atomic E-state index is 11.8. The number of nitrogen functional groups attached to an aromatic ring is 1. The summed E-state index contributed by atoms with van der Waals surface area (Å²) >= 11 is 0. The molecule has 0 unspecified atom stereocenters. The third kappa shape index (κ3) is 4.22. The zero-order chi connectivity index (χ0) is 23.6. The van der Waals surface area contributed by atoms with E-state index in [1.165, 1.54) is 14.2 Å². The summed E-state index contributed by atoms with van der Waals surface area (Å²) in [6.07, 6.45) is 1.60. The summed E-state index contributed by atoms with van der Waals surface area (Å²) in [5.74, 6) is 2.07. The monoisotopic (exact) mass is 454 g/mol. The Labute approximate surface area is 193 Å². The molecular formula is C24H30N4O5. The molecule has 9 nitrogen and oxygen atoms in total. The standard InChI is InChI=1S/C24H30N4O5/c1-24(23(31-3)32-4)22(29)21(18-13-15(25)5-10-19(18)33-24)28(14-20-26-11-12-27-20)16-6-8-17(30-2)9-7-16/h5-13,21-23,29H,14,25H2,1-4H3,(H,26,27)/t21-,22+,24+/m0/s1. The molecule has 9 heteroatoms. The fraction of sp³-hybridized carbons (Fsp3) is 0.375. The van der Waals surface area contributed by atoms with Crippen LogP contribution in [0.3, 0.4) is 0 Å². The molecule has 1 aliphatic rings. The van der Waals surface area contributed by atoms with Crippen LogP contribution in [0.5, 0.6) is 11.5 Å². The highest BCUT2D eigenvalue weighted by Crippen LogP contribution is 2.47. The summed E-state index contributed by atoms with van der Waals surface area (Å²) < 4.78 is 22.7. The number of aliphatic hydroxyl groups excluding tert-OH is 1. The van der Waals surface area contributed by atoms with Crippen LogP contribution in [0.25, 0.3) is 0 Å². The smallest absolute Gasteiger partial charge is 0.199 e. The van der Waals surface area contributed by atoms with E-state index in [0.29, 0.717) is 18.0 Å². The lowest BCUT2D eigenvalue weighted by Crippen LogP contribution is -2.62. The molecule has 0 radical (unpaired) electrons. The van der Waals surface area contributed by atoms with Gasteiger partial charge in [0.1, 0.15) is 23.4 Å². The van der Waals surface area contributed by atoms with E-state index in [2.05, 4.69) is 14.9 Å². The van der Waals surface area contributed by atoms with Gasteiger partial charge in [0.2, 0.25) is 0 Å². The number of hydrogen-bond donors (Lipinski definition) is 3. The molecule has 3 aromatic rings. The number of aliphatic hydroxyl groups is 1. The van der Waals surface area contributed by atoms with E-state index in [1.807, 2.05) is 36.4 Å². The number of methoxy groups -OCH3 is 3. The average Bonchev–Trinajstić information content (AvgIpc) is 3.33. The van der Waals surface area contributed by atoms with Crippen molar-refractivity contribution in [2.45, 2.75) is 37.5 Å². The first kappa shape index (κ1) is 22.9. The van der Waals surface area contributed by atoms with Gasteiger partial charge in [-0.2, -0.15) is 0 Å². The van der Waals surface area contributed by atoms with Gasteiger partial charge in [0.15, 0.2) is 11.9 Å². The van der Waals surface area contributed by atoms with Gasteiger partial charge in [0.25, 0.3) is 0 Å². The van der Waals surface area contributed by atoms with Crippen molar-refractivity contribution in [3.8, 4) is 11.5 Å². The molecule has 1 aromatic heterocycles. The lowest BCUT2D eigenvalue weighted by molar-refractivity contribution is -0.237. The molecule has 0 saturated heterocycles. The molecule has 4 rings (SSSR count). The van der Waals surface area contributed by atoms with E-state index in [-0.39, 0.29) is 0 Å². The predicted molar refractivity (Wildman–Crippen MR) is 124 cm³/mol. The van der Waals surface area contributed by atoms with Crippen LogP contribution in [-0.4, -0.2) is 54.4 Å². The van der Waals surface area contributed by atoms with Crippen LogP contribution in [-0.2, 0) is 16.0 Å². The van der Waals surface area contributed by atoms with E-state index < -0.39 is 24.0 Å². The maximum Gasteiger partial charge on any atom is 0.199 e. The van der Waals surface area contributed by atoms with E-state index >= 15 is 0 Å². The van der Waals surface area contributed by atoms with Crippen molar-refractivity contribution in [1.82, 2.24) is 9.97 Å². The van der Waals surface area contributed by atoms with Crippen molar-refractivity contribution in [2.24, 2.45) is 0 Å². The number of nitrogens with one attached hydrogen (secondary N) is 1. The van der Waals surface area contributed by atoms with Gasteiger partial charge in [-0.3, -0.25) is 0 Å². The summed E-state index contributed by atoms with van der Waals surface area (Å²) in [6.45, 7) is 2.18. The molecule has 4 N–H and O–H groups in total. The van der Waals surface area contributed by atoms with E-state index in [4.69, 9.17) is 24.7 Å². The summed E-state index contributed by atoms with van der Waals surface area (Å²) in [7, 11) is 4.66. The van der Waals surface area contributed by atoms with Gasteiger partial charge in [-0.05, 0) is 49.4 Å². The summed E-state index contributed by atoms with van der Waals surface area (Å²) in [5, 5.41) is 11.8. The van der Waals surface area contributed by atoms with Gasteiger partial charge < -0.3 is 39.7 Å². The summed E-state index contributed by atoms with van der Waals surface area (Å²) in [4.78, 5) is 9.61. The van der Waals surface area contributed by atoms with E-state index in [9.17, 15) is 5.11 Å². The Balaban J connectivity index is 1.87. The molecule has 0 saturated carbocycles. The number of fused-ring (bicyclic) bond motifs is 1. The second-order valence-corrected chi connectivity index (χ2v) is 8.14. The normalized spacial score (nSPS) is 22.0. The minimum absolute atomic E-state index is 0.399. The Kier molecular flexibility index (Phi) is 6.46. The van der Waals surface area contributed by atoms with Crippen LogP contribution in [0.4, 0.5) is 11.4 Å². The Morgan fingerprint density at radius 1 is 1.18 bits per heavy atom. The fourth-order valence-corrected chi connectivity index (χ4v) is 4.43. The highest BCUT2D eigenvalue weighted by molar-refractivity contribution is 5.57. The van der Waals surface area contributed by atoms with Crippen molar-refractivity contribution >= 4 is 11.4 Å². The first-order valence-electron chi connectivity index (χ1n) is 10.6. The zero-order valence-electron chi connectivity index (χ0n) is 19.2. The molecule has 0 fully saturated rings. The highest BCUT2D eigenvalue weighted by atomic mass is 16.7. The largest absolute Gasteiger partial charge is 0.497 e. The molecule has 2 aromatic carbocycles. The molecule has 0 spiro atoms. The molecule has 3 atom stereocenters. The van der Waals surface area contributed by atoms with Crippen LogP contribution in [0.1, 0.15) is 24.4 Å². The van der Waals surface area contributed by atoms with Crippen LogP contribution in [0.15, 0.2) is 54.9 Å². The molecule has 176 valence electrons. The van der Waals surface area contributed by atoms with Crippen molar-refractivity contribution in [3.05, 3.63) is 66.2 Å². The highest BCUT2D eigenvalue weighted by Gasteiger charge is 2.54. The number of nitrogens with two attached hydrogens (primary N) is 1. The third-order valence-corrected chi connectivity index (χ3v) is 6.08. The van der Waals surface area contributed by atoms with Gasteiger partial charge >= 0.3 is 0 Å². The number of ether oxygens (including phenoxy) is 4. The Morgan fingerprint density at radius 3 is 2.52 bits per heavy atom. The molecule has 2 heterocycles. The number of nitrogens with zero attached hydrogens (tertiary/aromatic N) is 2. The molecule has 0 bridgehead atoms. The van der Waals surface area contributed by atoms with Crippen molar-refractivity contribution in [3.63, 3.8) is 0 Å². The first-order chi connectivity index (χ1) is 15.9. The number of aromatic amines is 1. The number of imidazole rings is 1. The van der Waals surface area contributed by atoms with Gasteiger partial charge in [-0.1, -0.05) is 0 Å². The van der Waals surface area contributed by atoms with Crippen molar-refractivity contribution < 1.29 is 24.1 Å². The number of hydrogen-bond acceptors (Lipinski definition) is 8. The van der Waals surface area contributed by atoms with E-state index in [0.717, 1.165) is 22.8 Å². The molecule has 1 aliphatic heterocycles. The quantitative estimate of drug-likeness (QED) is 0.352. The molecule has 33 heavy (non-hydrogen) atoms. The summed E-state index contributed by atoms with van der Waals surface area (Å²) in [5.41, 5.74) is 7.13. The minimum Gasteiger partial charge on any atom is -0.497 e. The Morgan fingerprint density at radius 2 is 1.91 bits per heavy atom. The van der Waals surface area contributed by atoms with Gasteiger partial charge in [-0.15, -0.1) is 0 Å². The second kappa shape index (κ2) is 9.30. The molecule has 0 amide bonds. The van der Waals surface area contributed by atoms with Gasteiger partial charge in [0.05, 0.1) is 19.7 Å². The fourth-order valence-electron chi connectivity index (χ4n) is 4.43. The number of rotatable bonds is 8. The third-order valence-electron chi connectivity index (χ3n) is 6.08. The first-order valence-corrected chi connectivity index (χ1v) is 10.6. The van der Waals surface area contributed by atoms with Crippen LogP contribution in [0, 0.1) is 0 Å². The van der Waals surface area contributed by atoms with Crippen LogP contribution >= 0.6 is 0 Å². The van der Waals surface area contributed by atoms with E-state index in [1.54, 1.807) is 32.5 Å². The van der Waals surface area contributed by atoms with Crippen LogP contribution in [0.2, 0.25) is 0 Å². The lowest BCUT2D eigenvalue weighted by Gasteiger charge is -2.50. The average molecular weight is 455 g/mol. The van der Waals surface area contributed by atoms with Gasteiger partial charge in [0, 0.05) is 43.6 Å². The lowest BCUT2D eigenvalue weighted by atomic mass is 9.83. The number of benzene rings is 2. The topological polar surface area (TPSA) is 115 Å². The van der Waals surface area contributed by atoms with Crippen molar-refractivity contribution in [2.75, 3.05) is 32.0 Å². The zero-order valence-corrected chi connectivity index (χ0v) is 19.2. The molecule has 0 aliphatic carbocycles. The van der Waals surface area contributed by atoms with Crippen LogP contribution < -0.4 is 20.1 Å². The van der Waals surface area contributed by atoms with Gasteiger partial charge in [-0.25, -0.2) is 4.98 Å². The second-order valence-electron chi connectivity index (χ2n) is 8.14. The number of anilines is 2. The SMILES string of the molecule is COc1ccc(N(Cc2ncc[nH]2)[C@H]2c3cc(N)ccc3O[C@@](C)(C(OC)OC)[C@@H]2O)cc1.